The zero-order valence-electron chi connectivity index (χ0n) is 12.3. The molecule has 2 amide bonds. The lowest BCUT2D eigenvalue weighted by molar-refractivity contribution is -0.155. The molecule has 1 aromatic rings. The normalized spacial score (nSPS) is 25.9. The van der Waals surface area contributed by atoms with E-state index in [-0.39, 0.29) is 30.1 Å². The molecular formula is C17H19NO4. The first-order chi connectivity index (χ1) is 10.6. The van der Waals surface area contributed by atoms with Crippen LogP contribution in [0.3, 0.4) is 0 Å². The number of carbonyl (C=O) groups is 3. The Labute approximate surface area is 128 Å². The van der Waals surface area contributed by atoms with Crippen molar-refractivity contribution in [2.24, 2.45) is 11.8 Å². The average Bonchev–Trinajstić information content (AvgIpc) is 2.78. The fourth-order valence-corrected chi connectivity index (χ4v) is 3.62. The van der Waals surface area contributed by atoms with Crippen molar-refractivity contribution in [1.29, 1.82) is 0 Å². The summed E-state index contributed by atoms with van der Waals surface area (Å²) < 4.78 is 0. The van der Waals surface area contributed by atoms with Gasteiger partial charge in [0.15, 0.2) is 0 Å². The molecule has 116 valence electrons. The minimum absolute atomic E-state index is 0.160. The van der Waals surface area contributed by atoms with Gasteiger partial charge in [-0.1, -0.05) is 43.2 Å². The van der Waals surface area contributed by atoms with Crippen molar-refractivity contribution in [3.8, 4) is 0 Å². The SMILES string of the molecule is O=C(O)[C@@H](Cc1ccccc1)N1C(=O)[C@H]2CCCC[C@H]2C1=O. The average molecular weight is 301 g/mol. The second-order valence-electron chi connectivity index (χ2n) is 6.09. The molecule has 0 spiro atoms. The number of benzene rings is 1. The van der Waals surface area contributed by atoms with Gasteiger partial charge in [0, 0.05) is 6.42 Å². The van der Waals surface area contributed by atoms with Crippen LogP contribution in [0.25, 0.3) is 0 Å². The van der Waals surface area contributed by atoms with E-state index in [1.165, 1.54) is 0 Å². The van der Waals surface area contributed by atoms with Crippen LogP contribution in [-0.2, 0) is 20.8 Å². The number of fused-ring (bicyclic) bond motifs is 1. The first-order valence-electron chi connectivity index (χ1n) is 7.73. The molecule has 5 nitrogen and oxygen atoms in total. The third-order valence-corrected chi connectivity index (χ3v) is 4.74. The van der Waals surface area contributed by atoms with Crippen molar-refractivity contribution < 1.29 is 19.5 Å². The van der Waals surface area contributed by atoms with E-state index in [9.17, 15) is 19.5 Å². The van der Waals surface area contributed by atoms with Crippen LogP contribution in [0.1, 0.15) is 31.2 Å². The minimum atomic E-state index is -1.12. The van der Waals surface area contributed by atoms with Crippen molar-refractivity contribution in [2.75, 3.05) is 0 Å². The number of carboxylic acids is 1. The Morgan fingerprint density at radius 1 is 1.09 bits per heavy atom. The molecule has 2 fully saturated rings. The van der Waals surface area contributed by atoms with Crippen molar-refractivity contribution >= 4 is 17.8 Å². The van der Waals surface area contributed by atoms with Gasteiger partial charge in [0.1, 0.15) is 6.04 Å². The third-order valence-electron chi connectivity index (χ3n) is 4.74. The highest BCUT2D eigenvalue weighted by Crippen LogP contribution is 2.39. The fourth-order valence-electron chi connectivity index (χ4n) is 3.62. The number of amides is 2. The highest BCUT2D eigenvalue weighted by molar-refractivity contribution is 6.07. The molecule has 1 aromatic carbocycles. The third kappa shape index (κ3) is 2.51. The quantitative estimate of drug-likeness (QED) is 0.861. The lowest BCUT2D eigenvalue weighted by Gasteiger charge is -2.23. The van der Waals surface area contributed by atoms with E-state index < -0.39 is 12.0 Å². The molecule has 1 saturated carbocycles. The summed E-state index contributed by atoms with van der Waals surface area (Å²) in [4.78, 5) is 37.7. The van der Waals surface area contributed by atoms with E-state index in [1.54, 1.807) is 0 Å². The predicted octanol–water partition coefficient (Wildman–Crippen LogP) is 1.86. The number of nitrogens with zero attached hydrogens (tertiary/aromatic N) is 1. The summed E-state index contributed by atoms with van der Waals surface area (Å²) >= 11 is 0. The van der Waals surface area contributed by atoms with Gasteiger partial charge in [-0.2, -0.15) is 0 Å². The standard InChI is InChI=1S/C17H19NO4/c19-15-12-8-4-5-9-13(12)16(20)18(15)14(17(21)22)10-11-6-2-1-3-7-11/h1-3,6-7,12-14H,4-5,8-10H2,(H,21,22)/t12-,13+,14-/m1/s1. The van der Waals surface area contributed by atoms with Crippen LogP contribution in [-0.4, -0.2) is 33.8 Å². The number of imide groups is 1. The van der Waals surface area contributed by atoms with Crippen molar-refractivity contribution in [3.05, 3.63) is 35.9 Å². The second-order valence-corrected chi connectivity index (χ2v) is 6.09. The van der Waals surface area contributed by atoms with Crippen LogP contribution >= 0.6 is 0 Å². The van der Waals surface area contributed by atoms with Gasteiger partial charge >= 0.3 is 5.97 Å². The van der Waals surface area contributed by atoms with E-state index in [1.807, 2.05) is 30.3 Å². The first kappa shape index (κ1) is 14.8. The van der Waals surface area contributed by atoms with Crippen LogP contribution in [0.15, 0.2) is 30.3 Å². The Morgan fingerprint density at radius 3 is 2.14 bits per heavy atom. The van der Waals surface area contributed by atoms with Crippen LogP contribution in [0.4, 0.5) is 0 Å². The Kier molecular flexibility index (Phi) is 3.96. The molecule has 1 aliphatic heterocycles. The van der Waals surface area contributed by atoms with E-state index in [0.717, 1.165) is 23.3 Å². The summed E-state index contributed by atoms with van der Waals surface area (Å²) in [5.41, 5.74) is 0.811. The lowest BCUT2D eigenvalue weighted by Crippen LogP contribution is -2.46. The molecule has 0 aromatic heterocycles. The molecule has 2 aliphatic rings. The highest BCUT2D eigenvalue weighted by Gasteiger charge is 2.51. The topological polar surface area (TPSA) is 74.7 Å². The Balaban J connectivity index is 1.86. The van der Waals surface area contributed by atoms with Gasteiger partial charge in [-0.25, -0.2) is 4.79 Å². The van der Waals surface area contributed by atoms with Crippen LogP contribution in [0.2, 0.25) is 0 Å². The van der Waals surface area contributed by atoms with E-state index in [2.05, 4.69) is 0 Å². The first-order valence-corrected chi connectivity index (χ1v) is 7.73. The molecule has 1 aliphatic carbocycles. The van der Waals surface area contributed by atoms with Crippen LogP contribution in [0.5, 0.6) is 0 Å². The molecule has 0 bridgehead atoms. The summed E-state index contributed by atoms with van der Waals surface area (Å²) in [5, 5.41) is 9.52. The van der Waals surface area contributed by atoms with Crippen molar-refractivity contribution in [3.63, 3.8) is 0 Å². The Bertz CT molecular complexity index is 574. The summed E-state index contributed by atoms with van der Waals surface area (Å²) in [5.74, 6) is -2.32. The number of carboxylic acid groups (broad SMARTS) is 1. The summed E-state index contributed by atoms with van der Waals surface area (Å²) in [6.07, 6.45) is 3.43. The maximum Gasteiger partial charge on any atom is 0.327 e. The summed E-state index contributed by atoms with van der Waals surface area (Å²) in [7, 11) is 0. The van der Waals surface area contributed by atoms with Gasteiger partial charge in [-0.15, -0.1) is 0 Å². The summed E-state index contributed by atoms with van der Waals surface area (Å²) in [6.45, 7) is 0. The van der Waals surface area contributed by atoms with Gasteiger partial charge in [0.2, 0.25) is 11.8 Å². The monoisotopic (exact) mass is 301 g/mol. The molecule has 1 saturated heterocycles. The molecule has 0 radical (unpaired) electrons. The zero-order valence-corrected chi connectivity index (χ0v) is 12.3. The van der Waals surface area contributed by atoms with E-state index >= 15 is 0 Å². The van der Waals surface area contributed by atoms with Gasteiger partial charge in [0.25, 0.3) is 0 Å². The molecule has 22 heavy (non-hydrogen) atoms. The molecule has 0 unspecified atom stereocenters. The Hall–Kier alpha value is -2.17. The van der Waals surface area contributed by atoms with Crippen LogP contribution in [0, 0.1) is 11.8 Å². The Morgan fingerprint density at radius 2 is 1.64 bits per heavy atom. The van der Waals surface area contributed by atoms with E-state index in [0.29, 0.717) is 12.8 Å². The minimum Gasteiger partial charge on any atom is -0.480 e. The molecule has 5 heteroatoms. The number of carbonyl (C=O) groups excluding carboxylic acids is 2. The number of hydrogen-bond acceptors (Lipinski definition) is 3. The van der Waals surface area contributed by atoms with Gasteiger partial charge in [-0.3, -0.25) is 14.5 Å². The maximum atomic E-state index is 12.5. The molecule has 3 atom stereocenters. The second kappa shape index (κ2) is 5.91. The van der Waals surface area contributed by atoms with Gasteiger partial charge < -0.3 is 5.11 Å². The van der Waals surface area contributed by atoms with E-state index in [4.69, 9.17) is 0 Å². The van der Waals surface area contributed by atoms with Gasteiger partial charge in [-0.05, 0) is 18.4 Å². The molecular weight excluding hydrogens is 282 g/mol. The number of likely N-dealkylation sites (tertiary alicyclic amines) is 1. The highest BCUT2D eigenvalue weighted by atomic mass is 16.4. The largest absolute Gasteiger partial charge is 0.480 e. The van der Waals surface area contributed by atoms with Crippen molar-refractivity contribution in [2.45, 2.75) is 38.1 Å². The lowest BCUT2D eigenvalue weighted by atomic mass is 9.81. The van der Waals surface area contributed by atoms with Crippen LogP contribution < -0.4 is 0 Å². The maximum absolute atomic E-state index is 12.5. The fraction of sp³-hybridized carbons (Fsp3) is 0.471. The molecule has 1 N–H and O–H groups in total. The number of aliphatic carboxylic acids is 1. The molecule has 1 heterocycles. The number of rotatable bonds is 4. The predicted molar refractivity (Wildman–Crippen MR) is 78.9 cm³/mol. The summed E-state index contributed by atoms with van der Waals surface area (Å²) in [6, 6.07) is 8.01. The smallest absolute Gasteiger partial charge is 0.327 e. The van der Waals surface area contributed by atoms with Crippen molar-refractivity contribution in [1.82, 2.24) is 4.90 Å². The van der Waals surface area contributed by atoms with Gasteiger partial charge in [0.05, 0.1) is 11.8 Å². The zero-order chi connectivity index (χ0) is 15.7. The number of hydrogen-bond donors (Lipinski definition) is 1. The molecule has 3 rings (SSSR count).